The summed E-state index contributed by atoms with van der Waals surface area (Å²) in [6, 6.07) is 3.82. The number of ether oxygens (including phenoxy) is 3. The highest BCUT2D eigenvalue weighted by atomic mass is 35.5. The zero-order valence-electron chi connectivity index (χ0n) is 16.1. The van der Waals surface area contributed by atoms with Gasteiger partial charge in [0.1, 0.15) is 0 Å². The van der Waals surface area contributed by atoms with Gasteiger partial charge in [-0.1, -0.05) is 11.6 Å². The molecule has 28 heavy (non-hydrogen) atoms. The van der Waals surface area contributed by atoms with Gasteiger partial charge in [-0.3, -0.25) is 4.90 Å². The Hall–Kier alpha value is -1.10. The third-order valence-electron chi connectivity index (χ3n) is 5.26. The van der Waals surface area contributed by atoms with Crippen LogP contribution in [0.5, 0.6) is 11.5 Å². The molecule has 8 nitrogen and oxygen atoms in total. The Labute approximate surface area is 171 Å². The number of rotatable bonds is 4. The number of fused-ring (bicyclic) bond motifs is 1. The summed E-state index contributed by atoms with van der Waals surface area (Å²) in [5.74, 6) is 1.26. The van der Waals surface area contributed by atoms with Crippen LogP contribution in [-0.4, -0.2) is 80.2 Å². The fourth-order valence-electron chi connectivity index (χ4n) is 3.97. The van der Waals surface area contributed by atoms with Gasteiger partial charge in [0.25, 0.3) is 10.2 Å². The van der Waals surface area contributed by atoms with E-state index < -0.39 is 10.2 Å². The molecule has 0 bridgehead atoms. The second kappa shape index (κ2) is 7.97. The quantitative estimate of drug-likeness (QED) is 0.720. The highest BCUT2D eigenvalue weighted by molar-refractivity contribution is 7.86. The van der Waals surface area contributed by atoms with Gasteiger partial charge in [0.2, 0.25) is 6.79 Å². The van der Waals surface area contributed by atoms with Crippen LogP contribution in [0.15, 0.2) is 12.1 Å². The Morgan fingerprint density at radius 3 is 2.39 bits per heavy atom. The number of hydrogen-bond donors (Lipinski definition) is 0. The molecule has 0 aromatic heterocycles. The van der Waals surface area contributed by atoms with Crippen molar-refractivity contribution in [1.29, 1.82) is 0 Å². The molecule has 0 amide bonds. The van der Waals surface area contributed by atoms with E-state index in [1.54, 1.807) is 8.61 Å². The molecule has 2 atom stereocenters. The lowest BCUT2D eigenvalue weighted by Crippen LogP contribution is -2.57. The van der Waals surface area contributed by atoms with Crippen LogP contribution in [0.25, 0.3) is 0 Å². The molecule has 4 rings (SSSR count). The van der Waals surface area contributed by atoms with E-state index in [9.17, 15) is 8.42 Å². The fourth-order valence-corrected chi connectivity index (χ4v) is 6.01. The molecule has 0 N–H and O–H groups in total. The summed E-state index contributed by atoms with van der Waals surface area (Å²) in [4.78, 5) is 2.23. The number of halogens is 1. The first kappa shape index (κ1) is 20.2. The number of piperazine rings is 1. The molecule has 0 aliphatic carbocycles. The van der Waals surface area contributed by atoms with Gasteiger partial charge in [0.05, 0.1) is 17.2 Å². The van der Waals surface area contributed by atoms with E-state index in [-0.39, 0.29) is 19.0 Å². The SMILES string of the molecule is CC1CN(S(=O)(=O)N2CCN(Cc3cc(Cl)c4c(c3)OCO4)CC2)CC(C)O1. The van der Waals surface area contributed by atoms with Crippen molar-refractivity contribution < 1.29 is 22.6 Å². The molecular weight excluding hydrogens is 406 g/mol. The Balaban J connectivity index is 1.36. The molecule has 10 heteroatoms. The molecule has 3 aliphatic heterocycles. The maximum atomic E-state index is 13.0. The lowest BCUT2D eigenvalue weighted by Gasteiger charge is -2.40. The van der Waals surface area contributed by atoms with Crippen molar-refractivity contribution in [3.05, 3.63) is 22.7 Å². The van der Waals surface area contributed by atoms with Crippen LogP contribution in [0.3, 0.4) is 0 Å². The highest BCUT2D eigenvalue weighted by Crippen LogP contribution is 2.40. The van der Waals surface area contributed by atoms with E-state index in [0.717, 1.165) is 5.56 Å². The summed E-state index contributed by atoms with van der Waals surface area (Å²) in [6.07, 6.45) is -0.175. The molecule has 0 radical (unpaired) electrons. The minimum absolute atomic E-state index is 0.0874. The van der Waals surface area contributed by atoms with Crippen LogP contribution in [-0.2, 0) is 21.5 Å². The van der Waals surface area contributed by atoms with Crippen LogP contribution in [0.2, 0.25) is 5.02 Å². The van der Waals surface area contributed by atoms with Crippen molar-refractivity contribution in [2.45, 2.75) is 32.6 Å². The zero-order chi connectivity index (χ0) is 19.9. The minimum Gasteiger partial charge on any atom is -0.454 e. The lowest BCUT2D eigenvalue weighted by atomic mass is 10.1. The summed E-state index contributed by atoms with van der Waals surface area (Å²) < 4.78 is 45.6. The van der Waals surface area contributed by atoms with Crippen molar-refractivity contribution in [3.8, 4) is 11.5 Å². The van der Waals surface area contributed by atoms with E-state index >= 15 is 0 Å². The summed E-state index contributed by atoms with van der Waals surface area (Å²) in [6.45, 7) is 7.79. The summed E-state index contributed by atoms with van der Waals surface area (Å²) >= 11 is 6.26. The molecule has 2 fully saturated rings. The largest absolute Gasteiger partial charge is 0.454 e. The van der Waals surface area contributed by atoms with Crippen LogP contribution in [0.4, 0.5) is 0 Å². The van der Waals surface area contributed by atoms with Crippen LogP contribution < -0.4 is 9.47 Å². The fraction of sp³-hybridized carbons (Fsp3) is 0.667. The predicted octanol–water partition coefficient (Wildman–Crippen LogP) is 1.54. The van der Waals surface area contributed by atoms with Gasteiger partial charge in [-0.05, 0) is 31.5 Å². The number of nitrogens with zero attached hydrogens (tertiary/aromatic N) is 3. The van der Waals surface area contributed by atoms with E-state index in [1.807, 2.05) is 26.0 Å². The van der Waals surface area contributed by atoms with Gasteiger partial charge >= 0.3 is 0 Å². The Morgan fingerprint density at radius 1 is 1.04 bits per heavy atom. The van der Waals surface area contributed by atoms with E-state index in [1.165, 1.54) is 0 Å². The van der Waals surface area contributed by atoms with Gasteiger partial charge in [-0.15, -0.1) is 0 Å². The minimum atomic E-state index is -3.46. The number of benzene rings is 1. The number of morpholine rings is 1. The molecule has 2 unspecified atom stereocenters. The predicted molar refractivity (Wildman–Crippen MR) is 105 cm³/mol. The molecule has 0 saturated carbocycles. The van der Waals surface area contributed by atoms with E-state index in [0.29, 0.717) is 62.3 Å². The average molecular weight is 432 g/mol. The van der Waals surface area contributed by atoms with Gasteiger partial charge in [0, 0.05) is 45.8 Å². The standard InChI is InChI=1S/C18H26ClN3O5S/c1-13-9-22(10-14(2)27-13)28(23,24)21-5-3-20(4-6-21)11-15-7-16(19)18-17(8-15)25-12-26-18/h7-8,13-14H,3-6,9-12H2,1-2H3. The first-order valence-electron chi connectivity index (χ1n) is 9.54. The zero-order valence-corrected chi connectivity index (χ0v) is 17.7. The third kappa shape index (κ3) is 4.10. The Kier molecular flexibility index (Phi) is 5.74. The monoisotopic (exact) mass is 431 g/mol. The molecular formula is C18H26ClN3O5S. The Bertz CT molecular complexity index is 819. The molecule has 3 aliphatic rings. The van der Waals surface area contributed by atoms with Crippen molar-refractivity contribution in [2.24, 2.45) is 0 Å². The second-order valence-corrected chi connectivity index (χ2v) is 9.90. The van der Waals surface area contributed by atoms with Crippen molar-refractivity contribution in [2.75, 3.05) is 46.1 Å². The molecule has 1 aromatic rings. The van der Waals surface area contributed by atoms with Gasteiger partial charge in [0.15, 0.2) is 11.5 Å². The average Bonchev–Trinajstić information content (AvgIpc) is 3.10. The molecule has 1 aromatic carbocycles. The van der Waals surface area contributed by atoms with Crippen molar-refractivity contribution in [3.63, 3.8) is 0 Å². The number of hydrogen-bond acceptors (Lipinski definition) is 6. The van der Waals surface area contributed by atoms with Crippen LogP contribution in [0, 0.1) is 0 Å². The smallest absolute Gasteiger partial charge is 0.282 e. The normalized spacial score (nSPS) is 27.2. The lowest BCUT2D eigenvalue weighted by molar-refractivity contribution is -0.0457. The molecule has 156 valence electrons. The molecule has 2 saturated heterocycles. The second-order valence-electron chi connectivity index (χ2n) is 7.57. The Morgan fingerprint density at radius 2 is 1.71 bits per heavy atom. The summed E-state index contributed by atoms with van der Waals surface area (Å²) in [7, 11) is -3.46. The molecule has 3 heterocycles. The maximum Gasteiger partial charge on any atom is 0.282 e. The van der Waals surface area contributed by atoms with Gasteiger partial charge in [-0.25, -0.2) is 0 Å². The maximum absolute atomic E-state index is 13.0. The van der Waals surface area contributed by atoms with Crippen LogP contribution in [0.1, 0.15) is 19.4 Å². The van der Waals surface area contributed by atoms with Crippen LogP contribution >= 0.6 is 11.6 Å². The van der Waals surface area contributed by atoms with E-state index in [4.69, 9.17) is 25.8 Å². The van der Waals surface area contributed by atoms with Gasteiger partial charge < -0.3 is 14.2 Å². The first-order valence-corrected chi connectivity index (χ1v) is 11.3. The highest BCUT2D eigenvalue weighted by Gasteiger charge is 2.36. The first-order chi connectivity index (χ1) is 13.3. The molecule has 0 spiro atoms. The summed E-state index contributed by atoms with van der Waals surface area (Å²) in [5.41, 5.74) is 1.03. The van der Waals surface area contributed by atoms with Gasteiger partial charge in [-0.2, -0.15) is 17.0 Å². The topological polar surface area (TPSA) is 71.6 Å². The van der Waals surface area contributed by atoms with Crippen molar-refractivity contribution >= 4 is 21.8 Å². The van der Waals surface area contributed by atoms with Crippen molar-refractivity contribution in [1.82, 2.24) is 13.5 Å². The summed E-state index contributed by atoms with van der Waals surface area (Å²) in [5, 5.41) is 0.543. The third-order valence-corrected chi connectivity index (χ3v) is 7.51. The van der Waals surface area contributed by atoms with E-state index in [2.05, 4.69) is 4.90 Å².